The zero-order chi connectivity index (χ0) is 19.5. The summed E-state index contributed by atoms with van der Waals surface area (Å²) >= 11 is 5.80. The van der Waals surface area contributed by atoms with E-state index in [0.29, 0.717) is 5.88 Å². The number of aliphatic hydroxyl groups excluding tert-OH is 1. The normalized spacial score (nSPS) is 12.8. The Morgan fingerprint density at radius 1 is 0.667 bits per heavy atom. The van der Waals surface area contributed by atoms with Gasteiger partial charge in [0.1, 0.15) is 12.6 Å². The van der Waals surface area contributed by atoms with E-state index in [1.165, 1.54) is 96.4 Å². The van der Waals surface area contributed by atoms with Gasteiger partial charge in [0.25, 0.3) is 0 Å². The molecule has 166 valence electrons. The third-order valence-corrected chi connectivity index (χ3v) is 6.46. The predicted molar refractivity (Wildman–Crippen MR) is 118 cm³/mol. The van der Waals surface area contributed by atoms with Crippen LogP contribution in [-0.2, 0) is 0 Å². The van der Waals surface area contributed by atoms with Crippen molar-refractivity contribution >= 4 is 11.6 Å². The van der Waals surface area contributed by atoms with E-state index in [2.05, 4.69) is 20.8 Å². The number of unbranched alkanes of at least 4 members (excludes halogenated alkanes) is 13. The van der Waals surface area contributed by atoms with Gasteiger partial charge in [-0.25, -0.2) is 0 Å². The minimum atomic E-state index is -0.358. The lowest BCUT2D eigenvalue weighted by Crippen LogP contribution is -3.00. The standard InChI is InChI=1S/C23H49ClNO.ClH/c1-4-7-8-9-10-11-12-13-14-15-16-17-18-19-20-25(5-2,6-3)22-23(26)21-24;/h23,26H,4-22H2,1-3H3;1H/q+1;/p-1. The molecule has 1 atom stereocenters. The van der Waals surface area contributed by atoms with Crippen molar-refractivity contribution in [2.45, 2.75) is 117 Å². The number of hydrogen-bond donors (Lipinski definition) is 1. The second-order valence-electron chi connectivity index (χ2n) is 8.28. The highest BCUT2D eigenvalue weighted by atomic mass is 35.5. The van der Waals surface area contributed by atoms with Crippen molar-refractivity contribution in [1.82, 2.24) is 0 Å². The Labute approximate surface area is 182 Å². The number of nitrogens with zero attached hydrogens (tertiary/aromatic N) is 1. The number of halogens is 2. The summed E-state index contributed by atoms with van der Waals surface area (Å²) in [6.45, 7) is 11.0. The number of alkyl halides is 1. The van der Waals surface area contributed by atoms with Crippen LogP contribution in [0.15, 0.2) is 0 Å². The van der Waals surface area contributed by atoms with E-state index < -0.39 is 0 Å². The summed E-state index contributed by atoms with van der Waals surface area (Å²) in [6, 6.07) is 0. The molecule has 1 unspecified atom stereocenters. The third kappa shape index (κ3) is 17.1. The maximum Gasteiger partial charge on any atom is 0.116 e. The zero-order valence-corrected chi connectivity index (χ0v) is 20.2. The number of quaternary nitrogens is 1. The highest BCUT2D eigenvalue weighted by Crippen LogP contribution is 2.15. The molecule has 0 aliphatic rings. The van der Waals surface area contributed by atoms with Gasteiger partial charge >= 0.3 is 0 Å². The summed E-state index contributed by atoms with van der Waals surface area (Å²) in [4.78, 5) is 0. The van der Waals surface area contributed by atoms with Gasteiger partial charge in [0, 0.05) is 0 Å². The second kappa shape index (κ2) is 21.2. The lowest BCUT2D eigenvalue weighted by Gasteiger charge is -2.38. The average Bonchev–Trinajstić information content (AvgIpc) is 2.67. The van der Waals surface area contributed by atoms with Gasteiger partial charge in [-0.3, -0.25) is 0 Å². The molecule has 0 aliphatic carbocycles. The van der Waals surface area contributed by atoms with Gasteiger partial charge in [0.2, 0.25) is 0 Å². The minimum Gasteiger partial charge on any atom is -1.00 e. The largest absolute Gasteiger partial charge is 1.00 e. The molecule has 2 nitrogen and oxygen atoms in total. The summed E-state index contributed by atoms with van der Waals surface area (Å²) in [6.07, 6.45) is 19.4. The molecule has 0 fully saturated rings. The first kappa shape index (κ1) is 29.7. The molecule has 0 aromatic rings. The quantitative estimate of drug-likeness (QED) is 0.178. The van der Waals surface area contributed by atoms with E-state index in [1.807, 2.05) is 0 Å². The van der Waals surface area contributed by atoms with Crippen LogP contribution in [0.1, 0.15) is 111 Å². The molecule has 0 heterocycles. The van der Waals surface area contributed by atoms with Crippen LogP contribution in [0.4, 0.5) is 0 Å². The SMILES string of the molecule is CCCCCCCCCCCCCCCC[N+](CC)(CC)CC(O)CCl.[Cl-]. The Balaban J connectivity index is 0. The van der Waals surface area contributed by atoms with Crippen molar-refractivity contribution in [3.63, 3.8) is 0 Å². The van der Waals surface area contributed by atoms with Crippen LogP contribution in [0.5, 0.6) is 0 Å². The predicted octanol–water partition coefficient (Wildman–Crippen LogP) is 3.93. The molecule has 0 amide bonds. The van der Waals surface area contributed by atoms with Crippen molar-refractivity contribution in [3.8, 4) is 0 Å². The second-order valence-corrected chi connectivity index (χ2v) is 8.59. The average molecular weight is 427 g/mol. The molecular formula is C23H49Cl2NO. The first-order chi connectivity index (χ1) is 12.6. The monoisotopic (exact) mass is 425 g/mol. The molecule has 0 saturated carbocycles. The van der Waals surface area contributed by atoms with E-state index in [9.17, 15) is 5.11 Å². The van der Waals surface area contributed by atoms with Gasteiger partial charge in [-0.1, -0.05) is 84.0 Å². The lowest BCUT2D eigenvalue weighted by atomic mass is 10.0. The molecule has 0 aromatic carbocycles. The van der Waals surface area contributed by atoms with Gasteiger partial charge in [0.15, 0.2) is 0 Å². The Bertz CT molecular complexity index is 286. The van der Waals surface area contributed by atoms with Crippen molar-refractivity contribution in [3.05, 3.63) is 0 Å². The number of likely N-dealkylation sites (N-methyl/N-ethyl adjacent to an activating group) is 1. The van der Waals surface area contributed by atoms with Crippen LogP contribution in [0.2, 0.25) is 0 Å². The van der Waals surface area contributed by atoms with Crippen molar-refractivity contribution in [2.24, 2.45) is 0 Å². The molecule has 0 radical (unpaired) electrons. The van der Waals surface area contributed by atoms with E-state index in [0.717, 1.165) is 24.1 Å². The molecule has 0 saturated heterocycles. The lowest BCUT2D eigenvalue weighted by molar-refractivity contribution is -0.927. The van der Waals surface area contributed by atoms with Crippen LogP contribution >= 0.6 is 11.6 Å². The molecule has 0 spiro atoms. The van der Waals surface area contributed by atoms with Crippen LogP contribution in [0.25, 0.3) is 0 Å². The minimum absolute atomic E-state index is 0. The van der Waals surface area contributed by atoms with Crippen LogP contribution in [-0.4, -0.2) is 47.8 Å². The summed E-state index contributed by atoms with van der Waals surface area (Å²) in [7, 11) is 0. The fourth-order valence-electron chi connectivity index (χ4n) is 4.03. The van der Waals surface area contributed by atoms with Crippen molar-refractivity contribution < 1.29 is 22.0 Å². The van der Waals surface area contributed by atoms with Gasteiger partial charge in [-0.05, 0) is 26.7 Å². The van der Waals surface area contributed by atoms with E-state index in [4.69, 9.17) is 11.6 Å². The maximum absolute atomic E-state index is 9.92. The Morgan fingerprint density at radius 2 is 1.04 bits per heavy atom. The molecule has 1 N–H and O–H groups in total. The van der Waals surface area contributed by atoms with Crippen molar-refractivity contribution in [2.75, 3.05) is 32.1 Å². The maximum atomic E-state index is 9.92. The molecule has 0 aromatic heterocycles. The van der Waals surface area contributed by atoms with Crippen LogP contribution < -0.4 is 12.4 Å². The summed E-state index contributed by atoms with van der Waals surface area (Å²) in [5.74, 6) is 0.360. The number of hydrogen-bond acceptors (Lipinski definition) is 1. The number of rotatable bonds is 20. The Kier molecular flexibility index (Phi) is 23.3. The van der Waals surface area contributed by atoms with Crippen LogP contribution in [0, 0.1) is 0 Å². The van der Waals surface area contributed by atoms with E-state index >= 15 is 0 Å². The fraction of sp³-hybridized carbons (Fsp3) is 1.00. The highest BCUT2D eigenvalue weighted by Gasteiger charge is 2.25. The first-order valence-electron chi connectivity index (χ1n) is 11.7. The molecule has 0 aliphatic heterocycles. The van der Waals surface area contributed by atoms with Crippen molar-refractivity contribution in [1.29, 1.82) is 0 Å². The first-order valence-corrected chi connectivity index (χ1v) is 12.3. The van der Waals surface area contributed by atoms with E-state index in [1.54, 1.807) is 0 Å². The van der Waals surface area contributed by atoms with Gasteiger partial charge in [0.05, 0.1) is 25.5 Å². The molecule has 0 rings (SSSR count). The molecule has 27 heavy (non-hydrogen) atoms. The topological polar surface area (TPSA) is 20.2 Å². The van der Waals surface area contributed by atoms with Gasteiger partial charge in [-0.2, -0.15) is 0 Å². The Hall–Kier alpha value is 0.500. The fourth-order valence-corrected chi connectivity index (χ4v) is 4.12. The molecular weight excluding hydrogens is 377 g/mol. The van der Waals surface area contributed by atoms with Gasteiger partial charge < -0.3 is 22.0 Å². The molecule has 4 heteroatoms. The number of aliphatic hydroxyl groups is 1. The molecule has 0 bridgehead atoms. The zero-order valence-electron chi connectivity index (χ0n) is 18.7. The summed E-state index contributed by atoms with van der Waals surface area (Å²) in [5.41, 5.74) is 0. The smallest absolute Gasteiger partial charge is 0.116 e. The highest BCUT2D eigenvalue weighted by molar-refractivity contribution is 6.18. The van der Waals surface area contributed by atoms with Crippen LogP contribution in [0.3, 0.4) is 0 Å². The Morgan fingerprint density at radius 3 is 1.37 bits per heavy atom. The van der Waals surface area contributed by atoms with E-state index in [-0.39, 0.29) is 18.5 Å². The van der Waals surface area contributed by atoms with Gasteiger partial charge in [-0.15, -0.1) is 11.6 Å². The summed E-state index contributed by atoms with van der Waals surface area (Å²) < 4.78 is 1.02. The third-order valence-electron chi connectivity index (χ3n) is 6.10. The summed E-state index contributed by atoms with van der Waals surface area (Å²) in [5, 5.41) is 9.92.